The standard InChI is InChI=1S/C13H22N2O5/c1-3-20-10(16)5-4-8-14-12(19)15-13(2,11(17)18)9-6-7-9/h9H,3-8H2,1-2H3,(H,17,18)(H2,14,15,19). The first-order valence-corrected chi connectivity index (χ1v) is 6.85. The summed E-state index contributed by atoms with van der Waals surface area (Å²) < 4.78 is 4.76. The van der Waals surface area contributed by atoms with Gasteiger partial charge in [0.05, 0.1) is 6.61 Å². The summed E-state index contributed by atoms with van der Waals surface area (Å²) in [6.45, 7) is 3.88. The molecule has 0 aromatic heterocycles. The molecule has 1 unspecified atom stereocenters. The Balaban J connectivity index is 2.26. The number of hydrogen-bond donors (Lipinski definition) is 3. The highest BCUT2D eigenvalue weighted by molar-refractivity contribution is 5.86. The number of nitrogens with one attached hydrogen (secondary N) is 2. The summed E-state index contributed by atoms with van der Waals surface area (Å²) in [5.41, 5.74) is -1.22. The van der Waals surface area contributed by atoms with Crippen molar-refractivity contribution in [2.24, 2.45) is 5.92 Å². The third-order valence-corrected chi connectivity index (χ3v) is 3.36. The Morgan fingerprint density at radius 2 is 2.00 bits per heavy atom. The first kappa shape index (κ1) is 16.3. The van der Waals surface area contributed by atoms with Crippen molar-refractivity contribution in [3.8, 4) is 0 Å². The minimum absolute atomic E-state index is 0.00900. The molecule has 0 aromatic rings. The Kier molecular flexibility index (Phi) is 5.79. The molecule has 1 aliphatic rings. The lowest BCUT2D eigenvalue weighted by Crippen LogP contribution is -2.56. The van der Waals surface area contributed by atoms with Crippen molar-refractivity contribution in [1.82, 2.24) is 10.6 Å². The van der Waals surface area contributed by atoms with Gasteiger partial charge in [0, 0.05) is 13.0 Å². The van der Waals surface area contributed by atoms with Crippen molar-refractivity contribution >= 4 is 18.0 Å². The molecule has 1 aliphatic carbocycles. The van der Waals surface area contributed by atoms with Gasteiger partial charge in [-0.05, 0) is 39.0 Å². The van der Waals surface area contributed by atoms with Gasteiger partial charge in [-0.25, -0.2) is 9.59 Å². The van der Waals surface area contributed by atoms with Gasteiger partial charge < -0.3 is 20.5 Å². The lowest BCUT2D eigenvalue weighted by Gasteiger charge is -2.26. The van der Waals surface area contributed by atoms with Gasteiger partial charge in [-0.2, -0.15) is 0 Å². The highest BCUT2D eigenvalue weighted by Gasteiger charge is 2.48. The molecule has 0 spiro atoms. The van der Waals surface area contributed by atoms with Crippen LogP contribution in [0.3, 0.4) is 0 Å². The number of rotatable bonds is 8. The van der Waals surface area contributed by atoms with Crippen molar-refractivity contribution < 1.29 is 24.2 Å². The fourth-order valence-corrected chi connectivity index (χ4v) is 1.94. The molecule has 114 valence electrons. The van der Waals surface area contributed by atoms with E-state index in [0.29, 0.717) is 19.6 Å². The Labute approximate surface area is 118 Å². The molecule has 1 rings (SSSR count). The molecule has 0 aromatic carbocycles. The monoisotopic (exact) mass is 286 g/mol. The molecule has 20 heavy (non-hydrogen) atoms. The maximum atomic E-state index is 11.7. The van der Waals surface area contributed by atoms with E-state index in [0.717, 1.165) is 12.8 Å². The van der Waals surface area contributed by atoms with Crippen LogP contribution in [0.2, 0.25) is 0 Å². The second kappa shape index (κ2) is 7.12. The molecular weight excluding hydrogens is 264 g/mol. The molecule has 0 bridgehead atoms. The fourth-order valence-electron chi connectivity index (χ4n) is 1.94. The maximum absolute atomic E-state index is 11.7. The molecule has 0 radical (unpaired) electrons. The van der Waals surface area contributed by atoms with Gasteiger partial charge >= 0.3 is 18.0 Å². The Morgan fingerprint density at radius 1 is 1.35 bits per heavy atom. The van der Waals surface area contributed by atoms with Crippen LogP contribution in [0.25, 0.3) is 0 Å². The van der Waals surface area contributed by atoms with Crippen molar-refractivity contribution in [2.45, 2.75) is 45.1 Å². The molecule has 2 amide bonds. The predicted octanol–water partition coefficient (Wildman–Crippen LogP) is 0.882. The maximum Gasteiger partial charge on any atom is 0.329 e. The lowest BCUT2D eigenvalue weighted by atomic mass is 9.96. The minimum Gasteiger partial charge on any atom is -0.480 e. The van der Waals surface area contributed by atoms with Crippen LogP contribution in [0.5, 0.6) is 0 Å². The van der Waals surface area contributed by atoms with Crippen LogP contribution in [0.4, 0.5) is 4.79 Å². The van der Waals surface area contributed by atoms with Gasteiger partial charge in [-0.15, -0.1) is 0 Å². The average Bonchev–Trinajstić information content (AvgIpc) is 3.19. The average molecular weight is 286 g/mol. The summed E-state index contributed by atoms with van der Waals surface area (Å²) in [6.07, 6.45) is 2.31. The zero-order valence-electron chi connectivity index (χ0n) is 11.9. The number of esters is 1. The molecule has 7 heteroatoms. The Bertz CT molecular complexity index is 381. The van der Waals surface area contributed by atoms with Gasteiger partial charge in [-0.1, -0.05) is 0 Å². The largest absolute Gasteiger partial charge is 0.480 e. The predicted molar refractivity (Wildman–Crippen MR) is 71.2 cm³/mol. The number of carboxylic acid groups (broad SMARTS) is 1. The molecule has 0 saturated heterocycles. The SMILES string of the molecule is CCOC(=O)CCCNC(=O)NC(C)(C(=O)O)C1CC1. The summed E-state index contributed by atoms with van der Waals surface area (Å²) in [7, 11) is 0. The summed E-state index contributed by atoms with van der Waals surface area (Å²) in [6, 6.07) is -0.523. The van der Waals surface area contributed by atoms with E-state index >= 15 is 0 Å². The second-order valence-electron chi connectivity index (χ2n) is 5.07. The van der Waals surface area contributed by atoms with E-state index < -0.39 is 17.5 Å². The van der Waals surface area contributed by atoms with E-state index in [4.69, 9.17) is 4.74 Å². The number of ether oxygens (including phenoxy) is 1. The number of amides is 2. The van der Waals surface area contributed by atoms with Crippen molar-refractivity contribution in [1.29, 1.82) is 0 Å². The molecular formula is C13H22N2O5. The van der Waals surface area contributed by atoms with E-state index in [1.807, 2.05) is 0 Å². The van der Waals surface area contributed by atoms with Gasteiger partial charge in [-0.3, -0.25) is 4.79 Å². The van der Waals surface area contributed by atoms with Crippen LogP contribution >= 0.6 is 0 Å². The number of carboxylic acids is 1. The van der Waals surface area contributed by atoms with Crippen LogP contribution in [0.15, 0.2) is 0 Å². The topological polar surface area (TPSA) is 105 Å². The van der Waals surface area contributed by atoms with Crippen LogP contribution < -0.4 is 10.6 Å². The van der Waals surface area contributed by atoms with E-state index in [2.05, 4.69) is 10.6 Å². The first-order chi connectivity index (χ1) is 9.40. The van der Waals surface area contributed by atoms with Crippen molar-refractivity contribution in [3.05, 3.63) is 0 Å². The van der Waals surface area contributed by atoms with Gasteiger partial charge in [0.2, 0.25) is 0 Å². The number of hydrogen-bond acceptors (Lipinski definition) is 4. The third-order valence-electron chi connectivity index (χ3n) is 3.36. The number of urea groups is 1. The summed E-state index contributed by atoms with van der Waals surface area (Å²) in [5.74, 6) is -1.34. The lowest BCUT2D eigenvalue weighted by molar-refractivity contribution is -0.144. The molecule has 3 N–H and O–H groups in total. The van der Waals surface area contributed by atoms with Crippen LogP contribution in [-0.2, 0) is 14.3 Å². The smallest absolute Gasteiger partial charge is 0.329 e. The highest BCUT2D eigenvalue weighted by atomic mass is 16.5. The van der Waals surface area contributed by atoms with Crippen LogP contribution in [0, 0.1) is 5.92 Å². The number of carbonyl (C=O) groups is 3. The highest BCUT2D eigenvalue weighted by Crippen LogP contribution is 2.39. The summed E-state index contributed by atoms with van der Waals surface area (Å²) in [5, 5.41) is 14.2. The van der Waals surface area contributed by atoms with E-state index in [1.54, 1.807) is 6.92 Å². The van der Waals surface area contributed by atoms with Crippen LogP contribution in [-0.4, -0.2) is 41.8 Å². The van der Waals surface area contributed by atoms with Crippen molar-refractivity contribution in [3.63, 3.8) is 0 Å². The van der Waals surface area contributed by atoms with E-state index in [-0.39, 0.29) is 18.3 Å². The molecule has 1 atom stereocenters. The molecule has 1 fully saturated rings. The zero-order chi connectivity index (χ0) is 15.2. The normalized spacial score (nSPS) is 16.9. The second-order valence-corrected chi connectivity index (χ2v) is 5.07. The number of aliphatic carboxylic acids is 1. The first-order valence-electron chi connectivity index (χ1n) is 6.85. The summed E-state index contributed by atoms with van der Waals surface area (Å²) >= 11 is 0. The fraction of sp³-hybridized carbons (Fsp3) is 0.769. The quantitative estimate of drug-likeness (QED) is 0.454. The van der Waals surface area contributed by atoms with Crippen molar-refractivity contribution in [2.75, 3.05) is 13.2 Å². The Morgan fingerprint density at radius 3 is 2.50 bits per heavy atom. The summed E-state index contributed by atoms with van der Waals surface area (Å²) in [4.78, 5) is 34.0. The van der Waals surface area contributed by atoms with Crippen LogP contribution in [0.1, 0.15) is 39.5 Å². The molecule has 1 saturated carbocycles. The minimum atomic E-state index is -1.22. The molecule has 7 nitrogen and oxygen atoms in total. The van der Waals surface area contributed by atoms with E-state index in [1.165, 1.54) is 6.92 Å². The van der Waals surface area contributed by atoms with Gasteiger partial charge in [0.1, 0.15) is 5.54 Å². The zero-order valence-corrected chi connectivity index (χ0v) is 11.9. The number of carbonyl (C=O) groups excluding carboxylic acids is 2. The third kappa shape index (κ3) is 4.71. The molecule has 0 aliphatic heterocycles. The van der Waals surface area contributed by atoms with Gasteiger partial charge in [0.25, 0.3) is 0 Å². The van der Waals surface area contributed by atoms with Gasteiger partial charge in [0.15, 0.2) is 0 Å². The molecule has 0 heterocycles. The van der Waals surface area contributed by atoms with E-state index in [9.17, 15) is 19.5 Å². The Hall–Kier alpha value is -1.79.